The number of carbonyl (C=O) groups is 1. The molecule has 1 heterocycles. The minimum absolute atomic E-state index is 0.0902. The van der Waals surface area contributed by atoms with Gasteiger partial charge >= 0.3 is 0 Å². The molecule has 1 fully saturated rings. The lowest BCUT2D eigenvalue weighted by Crippen LogP contribution is -2.54. The fourth-order valence-electron chi connectivity index (χ4n) is 1.78. The molecule has 1 amide bonds. The third kappa shape index (κ3) is 3.73. The van der Waals surface area contributed by atoms with Crippen LogP contribution in [0, 0.1) is 0 Å². The number of hydrogen-bond donors (Lipinski definition) is 2. The fourth-order valence-corrected chi connectivity index (χ4v) is 1.78. The molecule has 1 aliphatic heterocycles. The van der Waals surface area contributed by atoms with Gasteiger partial charge in [-0.2, -0.15) is 0 Å². The zero-order chi connectivity index (χ0) is 12.1. The normalized spacial score (nSPS) is 23.5. The molecule has 1 saturated heterocycles. The van der Waals surface area contributed by atoms with Gasteiger partial charge in [0.2, 0.25) is 5.91 Å². The zero-order valence-corrected chi connectivity index (χ0v) is 10.4. The van der Waals surface area contributed by atoms with E-state index in [1.807, 2.05) is 6.92 Å². The Hall–Kier alpha value is -0.650. The third-order valence-corrected chi connectivity index (χ3v) is 3.13. The van der Waals surface area contributed by atoms with Crippen LogP contribution in [-0.4, -0.2) is 55.2 Å². The number of ether oxygens (including phenoxy) is 1. The van der Waals surface area contributed by atoms with E-state index in [4.69, 9.17) is 10.5 Å². The van der Waals surface area contributed by atoms with Crippen LogP contribution in [0.2, 0.25) is 0 Å². The molecule has 5 heteroatoms. The van der Waals surface area contributed by atoms with Crippen molar-refractivity contribution in [1.82, 2.24) is 10.2 Å². The zero-order valence-electron chi connectivity index (χ0n) is 10.4. The van der Waals surface area contributed by atoms with Crippen LogP contribution >= 0.6 is 0 Å². The second-order valence-electron chi connectivity index (χ2n) is 4.47. The average Bonchev–Trinajstić information content (AvgIpc) is 2.28. The summed E-state index contributed by atoms with van der Waals surface area (Å²) in [6.45, 7) is 9.25. The highest BCUT2D eigenvalue weighted by Gasteiger charge is 2.23. The smallest absolute Gasteiger partial charge is 0.236 e. The second kappa shape index (κ2) is 6.18. The quantitative estimate of drug-likeness (QED) is 0.686. The predicted octanol–water partition coefficient (Wildman–Crippen LogP) is -0.441. The standard InChI is InChI=1S/C11H23N3O2/c1-8(12)11(15)13-9(2)10(3)14-4-6-16-7-5-14/h8-10H,4-7,12H2,1-3H3,(H,13,15). The summed E-state index contributed by atoms with van der Waals surface area (Å²) in [5.74, 6) is -0.0902. The highest BCUT2D eigenvalue weighted by molar-refractivity contribution is 5.81. The lowest BCUT2D eigenvalue weighted by Gasteiger charge is -2.36. The van der Waals surface area contributed by atoms with Gasteiger partial charge in [-0.1, -0.05) is 0 Å². The monoisotopic (exact) mass is 229 g/mol. The number of nitrogens with zero attached hydrogens (tertiary/aromatic N) is 1. The van der Waals surface area contributed by atoms with Crippen molar-refractivity contribution in [2.24, 2.45) is 5.73 Å². The summed E-state index contributed by atoms with van der Waals surface area (Å²) in [5, 5.41) is 2.93. The molecule has 0 saturated carbocycles. The molecule has 16 heavy (non-hydrogen) atoms. The minimum atomic E-state index is -0.445. The molecule has 0 aromatic carbocycles. The average molecular weight is 229 g/mol. The minimum Gasteiger partial charge on any atom is -0.379 e. The van der Waals surface area contributed by atoms with Gasteiger partial charge in [0.15, 0.2) is 0 Å². The van der Waals surface area contributed by atoms with E-state index in [-0.39, 0.29) is 11.9 Å². The number of rotatable bonds is 4. The van der Waals surface area contributed by atoms with Crippen molar-refractivity contribution >= 4 is 5.91 Å². The molecule has 1 rings (SSSR count). The molecular formula is C11H23N3O2. The van der Waals surface area contributed by atoms with Gasteiger partial charge < -0.3 is 15.8 Å². The summed E-state index contributed by atoms with van der Waals surface area (Å²) in [5.41, 5.74) is 5.52. The fraction of sp³-hybridized carbons (Fsp3) is 0.909. The summed E-state index contributed by atoms with van der Waals surface area (Å²) in [6.07, 6.45) is 0. The van der Waals surface area contributed by atoms with E-state index in [2.05, 4.69) is 17.1 Å². The third-order valence-electron chi connectivity index (χ3n) is 3.13. The summed E-state index contributed by atoms with van der Waals surface area (Å²) >= 11 is 0. The molecule has 1 aliphatic rings. The van der Waals surface area contributed by atoms with Crippen LogP contribution in [0.1, 0.15) is 20.8 Å². The van der Waals surface area contributed by atoms with Gasteiger partial charge in [0.25, 0.3) is 0 Å². The Bertz CT molecular complexity index is 227. The van der Waals surface area contributed by atoms with E-state index >= 15 is 0 Å². The highest BCUT2D eigenvalue weighted by atomic mass is 16.5. The predicted molar refractivity (Wildman–Crippen MR) is 63.1 cm³/mol. The van der Waals surface area contributed by atoms with Gasteiger partial charge in [-0.05, 0) is 20.8 Å². The number of carbonyl (C=O) groups excluding carboxylic acids is 1. The highest BCUT2D eigenvalue weighted by Crippen LogP contribution is 2.07. The number of amides is 1. The van der Waals surface area contributed by atoms with Gasteiger partial charge in [-0.15, -0.1) is 0 Å². The number of nitrogens with one attached hydrogen (secondary N) is 1. The summed E-state index contributed by atoms with van der Waals surface area (Å²) in [6, 6.07) is -0.0254. The van der Waals surface area contributed by atoms with E-state index in [0.29, 0.717) is 6.04 Å². The number of nitrogens with two attached hydrogens (primary N) is 1. The van der Waals surface area contributed by atoms with Crippen molar-refractivity contribution < 1.29 is 9.53 Å². The van der Waals surface area contributed by atoms with Crippen molar-refractivity contribution in [2.75, 3.05) is 26.3 Å². The lowest BCUT2D eigenvalue weighted by molar-refractivity contribution is -0.123. The summed E-state index contributed by atoms with van der Waals surface area (Å²) in [7, 11) is 0. The van der Waals surface area contributed by atoms with Crippen LogP contribution in [0.5, 0.6) is 0 Å². The van der Waals surface area contributed by atoms with E-state index in [0.717, 1.165) is 26.3 Å². The van der Waals surface area contributed by atoms with E-state index < -0.39 is 6.04 Å². The first-order valence-electron chi connectivity index (χ1n) is 5.90. The van der Waals surface area contributed by atoms with Crippen LogP contribution in [-0.2, 0) is 9.53 Å². The van der Waals surface area contributed by atoms with Crippen LogP contribution in [0.25, 0.3) is 0 Å². The van der Waals surface area contributed by atoms with Gasteiger partial charge in [0.1, 0.15) is 0 Å². The molecule has 0 aromatic rings. The first-order chi connectivity index (χ1) is 7.52. The molecule has 0 spiro atoms. The van der Waals surface area contributed by atoms with Gasteiger partial charge in [-0.3, -0.25) is 9.69 Å². The largest absolute Gasteiger partial charge is 0.379 e. The van der Waals surface area contributed by atoms with Crippen LogP contribution in [0.3, 0.4) is 0 Å². The van der Waals surface area contributed by atoms with Crippen LogP contribution < -0.4 is 11.1 Å². The van der Waals surface area contributed by atoms with E-state index in [9.17, 15) is 4.79 Å². The Morgan fingerprint density at radius 3 is 2.38 bits per heavy atom. The second-order valence-corrected chi connectivity index (χ2v) is 4.47. The summed E-state index contributed by atoms with van der Waals surface area (Å²) in [4.78, 5) is 13.8. The topological polar surface area (TPSA) is 67.6 Å². The molecule has 5 nitrogen and oxygen atoms in total. The first kappa shape index (κ1) is 13.4. The van der Waals surface area contributed by atoms with Crippen LogP contribution in [0.15, 0.2) is 0 Å². The molecule has 0 radical (unpaired) electrons. The van der Waals surface area contributed by atoms with Crippen LogP contribution in [0.4, 0.5) is 0 Å². The molecule has 3 unspecified atom stereocenters. The Morgan fingerprint density at radius 2 is 1.88 bits per heavy atom. The Morgan fingerprint density at radius 1 is 1.31 bits per heavy atom. The van der Waals surface area contributed by atoms with Crippen molar-refractivity contribution in [3.05, 3.63) is 0 Å². The number of morpholine rings is 1. The van der Waals surface area contributed by atoms with E-state index in [1.54, 1.807) is 6.92 Å². The lowest BCUT2D eigenvalue weighted by atomic mass is 10.1. The SMILES string of the molecule is CC(N)C(=O)NC(C)C(C)N1CCOCC1. The molecule has 94 valence electrons. The Balaban J connectivity index is 2.39. The van der Waals surface area contributed by atoms with Crippen molar-refractivity contribution in [3.8, 4) is 0 Å². The summed E-state index contributed by atoms with van der Waals surface area (Å²) < 4.78 is 5.30. The van der Waals surface area contributed by atoms with Crippen molar-refractivity contribution in [2.45, 2.75) is 38.9 Å². The molecule has 3 atom stereocenters. The van der Waals surface area contributed by atoms with Crippen molar-refractivity contribution in [1.29, 1.82) is 0 Å². The Kier molecular flexibility index (Phi) is 5.18. The Labute approximate surface area is 97.3 Å². The first-order valence-corrected chi connectivity index (χ1v) is 5.90. The van der Waals surface area contributed by atoms with Crippen molar-refractivity contribution in [3.63, 3.8) is 0 Å². The molecule has 3 N–H and O–H groups in total. The van der Waals surface area contributed by atoms with Gasteiger partial charge in [0.05, 0.1) is 19.3 Å². The number of hydrogen-bond acceptors (Lipinski definition) is 4. The maximum Gasteiger partial charge on any atom is 0.236 e. The van der Waals surface area contributed by atoms with Gasteiger partial charge in [-0.25, -0.2) is 0 Å². The van der Waals surface area contributed by atoms with Gasteiger partial charge in [0, 0.05) is 25.2 Å². The maximum atomic E-state index is 11.5. The van der Waals surface area contributed by atoms with E-state index in [1.165, 1.54) is 0 Å². The maximum absolute atomic E-state index is 11.5. The molecule has 0 aromatic heterocycles. The molecular weight excluding hydrogens is 206 g/mol. The molecule has 0 aliphatic carbocycles. The molecule has 0 bridgehead atoms.